The standard InChI is InChI=1S/C23H26N4O/c28-22(24-19-11-5-7-16-6-1-2-8-18(16)19)17-12-14-27(15-13-17)23-25-20-9-3-4-10-21(20)26-23/h1-4,6,8-10,17,19H,5,7,11-15H2,(H,24,28)(H,25,26). The number of piperidine rings is 1. The Balaban J connectivity index is 1.22. The molecule has 2 aliphatic rings. The number of carbonyl (C=O) groups excluding carboxylic acids is 1. The van der Waals surface area contributed by atoms with Gasteiger partial charge in [0.2, 0.25) is 11.9 Å². The van der Waals surface area contributed by atoms with Crippen LogP contribution in [0.3, 0.4) is 0 Å². The molecule has 0 spiro atoms. The first-order valence-electron chi connectivity index (χ1n) is 10.4. The van der Waals surface area contributed by atoms with E-state index in [1.54, 1.807) is 0 Å². The molecule has 1 aromatic heterocycles. The van der Waals surface area contributed by atoms with Crippen molar-refractivity contribution in [1.29, 1.82) is 0 Å². The lowest BCUT2D eigenvalue weighted by Crippen LogP contribution is -2.42. The summed E-state index contributed by atoms with van der Waals surface area (Å²) in [5.74, 6) is 1.22. The summed E-state index contributed by atoms with van der Waals surface area (Å²) in [4.78, 5) is 23.3. The zero-order valence-electron chi connectivity index (χ0n) is 16.0. The number of benzene rings is 2. The Kier molecular flexibility index (Phi) is 4.51. The Morgan fingerprint density at radius 1 is 1.04 bits per heavy atom. The average Bonchev–Trinajstić information content (AvgIpc) is 3.18. The molecule has 1 aliphatic heterocycles. The number of para-hydroxylation sites is 2. The van der Waals surface area contributed by atoms with Gasteiger partial charge in [-0.3, -0.25) is 4.79 Å². The van der Waals surface area contributed by atoms with E-state index in [-0.39, 0.29) is 17.9 Å². The predicted molar refractivity (Wildman–Crippen MR) is 111 cm³/mol. The van der Waals surface area contributed by atoms with Gasteiger partial charge in [-0.2, -0.15) is 0 Å². The number of rotatable bonds is 3. The zero-order valence-corrected chi connectivity index (χ0v) is 16.0. The first kappa shape index (κ1) is 17.3. The first-order chi connectivity index (χ1) is 13.8. The molecule has 0 radical (unpaired) electrons. The van der Waals surface area contributed by atoms with Crippen molar-refractivity contribution in [2.45, 2.75) is 38.1 Å². The number of nitrogens with one attached hydrogen (secondary N) is 2. The Hall–Kier alpha value is -2.82. The molecule has 5 nitrogen and oxygen atoms in total. The van der Waals surface area contributed by atoms with Gasteiger partial charge in [0.15, 0.2) is 0 Å². The minimum Gasteiger partial charge on any atom is -0.349 e. The van der Waals surface area contributed by atoms with Crippen LogP contribution in [0.2, 0.25) is 0 Å². The third-order valence-corrected chi connectivity index (χ3v) is 6.23. The van der Waals surface area contributed by atoms with Crippen molar-refractivity contribution in [2.24, 2.45) is 5.92 Å². The number of anilines is 1. The molecule has 0 saturated carbocycles. The number of fused-ring (bicyclic) bond motifs is 2. The molecular weight excluding hydrogens is 348 g/mol. The van der Waals surface area contributed by atoms with Crippen LogP contribution in [0.15, 0.2) is 48.5 Å². The van der Waals surface area contributed by atoms with Gasteiger partial charge in [0, 0.05) is 19.0 Å². The van der Waals surface area contributed by atoms with Gasteiger partial charge >= 0.3 is 0 Å². The van der Waals surface area contributed by atoms with Crippen LogP contribution in [0.25, 0.3) is 11.0 Å². The number of hydrogen-bond acceptors (Lipinski definition) is 3. The maximum absolute atomic E-state index is 12.9. The molecule has 1 amide bonds. The highest BCUT2D eigenvalue weighted by atomic mass is 16.1. The number of aromatic amines is 1. The van der Waals surface area contributed by atoms with Gasteiger partial charge in [-0.05, 0) is 55.4 Å². The van der Waals surface area contributed by atoms with E-state index in [0.29, 0.717) is 0 Å². The quantitative estimate of drug-likeness (QED) is 0.729. The molecule has 1 atom stereocenters. The summed E-state index contributed by atoms with van der Waals surface area (Å²) in [5.41, 5.74) is 4.75. The van der Waals surface area contributed by atoms with Crippen LogP contribution in [0.1, 0.15) is 42.9 Å². The maximum atomic E-state index is 12.9. The Morgan fingerprint density at radius 2 is 1.82 bits per heavy atom. The van der Waals surface area contributed by atoms with Gasteiger partial charge < -0.3 is 15.2 Å². The summed E-state index contributed by atoms with van der Waals surface area (Å²) in [6.45, 7) is 1.72. The molecule has 2 heterocycles. The van der Waals surface area contributed by atoms with E-state index in [1.165, 1.54) is 11.1 Å². The van der Waals surface area contributed by atoms with Gasteiger partial charge in [0.1, 0.15) is 0 Å². The molecule has 0 bridgehead atoms. The average molecular weight is 374 g/mol. The van der Waals surface area contributed by atoms with Gasteiger partial charge in [0.05, 0.1) is 17.1 Å². The fraction of sp³-hybridized carbons (Fsp3) is 0.391. The number of aromatic nitrogens is 2. The molecule has 1 aliphatic carbocycles. The Morgan fingerprint density at radius 3 is 2.68 bits per heavy atom. The van der Waals surface area contributed by atoms with Crippen LogP contribution in [-0.4, -0.2) is 29.0 Å². The fourth-order valence-corrected chi connectivity index (χ4v) is 4.64. The van der Waals surface area contributed by atoms with Crippen LogP contribution in [0.5, 0.6) is 0 Å². The Labute approximate surface area is 165 Å². The van der Waals surface area contributed by atoms with Crippen LogP contribution in [0.4, 0.5) is 5.95 Å². The molecule has 2 N–H and O–H groups in total. The highest BCUT2D eigenvalue weighted by Crippen LogP contribution is 2.30. The van der Waals surface area contributed by atoms with Crippen LogP contribution < -0.4 is 10.2 Å². The zero-order chi connectivity index (χ0) is 18.9. The molecule has 3 aromatic rings. The SMILES string of the molecule is O=C(NC1CCCc2ccccc21)C1CCN(c2nc3ccccc3[nH]2)CC1. The second kappa shape index (κ2) is 7.30. The van der Waals surface area contributed by atoms with E-state index < -0.39 is 0 Å². The molecule has 5 rings (SSSR count). The number of nitrogens with zero attached hydrogens (tertiary/aromatic N) is 2. The number of aryl methyl sites for hydroxylation is 1. The van der Waals surface area contributed by atoms with E-state index in [0.717, 1.165) is 62.2 Å². The van der Waals surface area contributed by atoms with Crippen molar-refractivity contribution >= 4 is 22.9 Å². The van der Waals surface area contributed by atoms with E-state index >= 15 is 0 Å². The van der Waals surface area contributed by atoms with Crippen molar-refractivity contribution in [3.05, 3.63) is 59.7 Å². The summed E-state index contributed by atoms with van der Waals surface area (Å²) >= 11 is 0. The van der Waals surface area contributed by atoms with Crippen molar-refractivity contribution in [3.63, 3.8) is 0 Å². The Bertz CT molecular complexity index is 954. The minimum atomic E-state index is 0.0923. The highest BCUT2D eigenvalue weighted by Gasteiger charge is 2.29. The largest absolute Gasteiger partial charge is 0.349 e. The number of H-pyrrole nitrogens is 1. The van der Waals surface area contributed by atoms with E-state index in [1.807, 2.05) is 24.3 Å². The maximum Gasteiger partial charge on any atom is 0.223 e. The lowest BCUT2D eigenvalue weighted by atomic mass is 9.87. The van der Waals surface area contributed by atoms with Crippen LogP contribution in [-0.2, 0) is 11.2 Å². The number of carbonyl (C=O) groups is 1. The third-order valence-electron chi connectivity index (χ3n) is 6.23. The van der Waals surface area contributed by atoms with Crippen LogP contribution in [0, 0.1) is 5.92 Å². The molecule has 2 aromatic carbocycles. The molecule has 5 heteroatoms. The lowest BCUT2D eigenvalue weighted by Gasteiger charge is -2.33. The number of hydrogen-bond donors (Lipinski definition) is 2. The topological polar surface area (TPSA) is 61.0 Å². The molecule has 28 heavy (non-hydrogen) atoms. The van der Waals surface area contributed by atoms with Crippen molar-refractivity contribution in [1.82, 2.24) is 15.3 Å². The van der Waals surface area contributed by atoms with E-state index in [4.69, 9.17) is 4.98 Å². The monoisotopic (exact) mass is 374 g/mol. The summed E-state index contributed by atoms with van der Waals surface area (Å²) in [7, 11) is 0. The molecular formula is C23H26N4O. The fourth-order valence-electron chi connectivity index (χ4n) is 4.64. The lowest BCUT2D eigenvalue weighted by molar-refractivity contribution is -0.126. The second-order valence-corrected chi connectivity index (χ2v) is 7.99. The molecule has 1 fully saturated rings. The molecule has 144 valence electrons. The van der Waals surface area contributed by atoms with Gasteiger partial charge in [-0.15, -0.1) is 0 Å². The third kappa shape index (κ3) is 3.26. The van der Waals surface area contributed by atoms with Crippen molar-refractivity contribution < 1.29 is 4.79 Å². The van der Waals surface area contributed by atoms with Gasteiger partial charge in [-0.1, -0.05) is 36.4 Å². The number of amides is 1. The summed E-state index contributed by atoms with van der Waals surface area (Å²) in [6.07, 6.45) is 5.06. The predicted octanol–water partition coefficient (Wildman–Crippen LogP) is 3.97. The van der Waals surface area contributed by atoms with Gasteiger partial charge in [-0.25, -0.2) is 4.98 Å². The smallest absolute Gasteiger partial charge is 0.223 e. The molecule has 1 unspecified atom stereocenters. The van der Waals surface area contributed by atoms with E-state index in [2.05, 4.69) is 39.5 Å². The van der Waals surface area contributed by atoms with Crippen molar-refractivity contribution in [2.75, 3.05) is 18.0 Å². The normalized spacial score (nSPS) is 20.1. The summed E-state index contributed by atoms with van der Waals surface area (Å²) < 4.78 is 0. The first-order valence-corrected chi connectivity index (χ1v) is 10.4. The van der Waals surface area contributed by atoms with E-state index in [9.17, 15) is 4.79 Å². The summed E-state index contributed by atoms with van der Waals surface area (Å²) in [5, 5.41) is 3.34. The van der Waals surface area contributed by atoms with Crippen molar-refractivity contribution in [3.8, 4) is 0 Å². The molecule has 1 saturated heterocycles. The highest BCUT2D eigenvalue weighted by molar-refractivity contribution is 5.80. The second-order valence-electron chi connectivity index (χ2n) is 7.99. The van der Waals surface area contributed by atoms with Gasteiger partial charge in [0.25, 0.3) is 0 Å². The number of imidazole rings is 1. The van der Waals surface area contributed by atoms with Crippen LogP contribution >= 0.6 is 0 Å². The summed E-state index contributed by atoms with van der Waals surface area (Å²) in [6, 6.07) is 16.8. The minimum absolute atomic E-state index is 0.0923.